The lowest BCUT2D eigenvalue weighted by molar-refractivity contribution is 0.416. The smallest absolute Gasteiger partial charge is 0.229 e. The van der Waals surface area contributed by atoms with Crippen LogP contribution in [0.1, 0.15) is 25.3 Å². The number of ether oxygens (including phenoxy) is 1. The van der Waals surface area contributed by atoms with Crippen LogP contribution in [0, 0.1) is 12.8 Å². The molecule has 0 bridgehead atoms. The van der Waals surface area contributed by atoms with Crippen molar-refractivity contribution < 1.29 is 4.74 Å². The fourth-order valence-electron chi connectivity index (χ4n) is 2.79. The molecule has 2 N–H and O–H groups in total. The number of allylic oxidation sites excluding steroid dienone is 2. The lowest BCUT2D eigenvalue weighted by Crippen LogP contribution is -2.16. The zero-order valence-corrected chi connectivity index (χ0v) is 15.9. The summed E-state index contributed by atoms with van der Waals surface area (Å²) in [5, 5.41) is 6.54. The number of rotatable bonds is 7. The molecule has 134 valence electrons. The number of aromatic nitrogens is 2. The number of methoxy groups -OCH3 is 1. The van der Waals surface area contributed by atoms with E-state index in [9.17, 15) is 0 Å². The second kappa shape index (κ2) is 7.64. The van der Waals surface area contributed by atoms with E-state index in [1.165, 1.54) is 18.4 Å². The van der Waals surface area contributed by atoms with Crippen LogP contribution in [-0.2, 0) is 0 Å². The zero-order valence-electron chi connectivity index (χ0n) is 15.9. The molecule has 26 heavy (non-hydrogen) atoms. The van der Waals surface area contributed by atoms with E-state index in [1.54, 1.807) is 13.3 Å². The number of anilines is 3. The highest BCUT2D eigenvalue weighted by atomic mass is 16.5. The van der Waals surface area contributed by atoms with E-state index >= 15 is 0 Å². The van der Waals surface area contributed by atoms with Gasteiger partial charge in [-0.3, -0.25) is 0 Å². The summed E-state index contributed by atoms with van der Waals surface area (Å²) in [5.74, 6) is 2.74. The van der Waals surface area contributed by atoms with E-state index in [1.807, 2.05) is 33.0 Å². The predicted octanol–water partition coefficient (Wildman–Crippen LogP) is 3.08. The summed E-state index contributed by atoms with van der Waals surface area (Å²) in [6.45, 7) is 8.30. The van der Waals surface area contributed by atoms with Crippen molar-refractivity contribution in [3.8, 4) is 5.75 Å². The van der Waals surface area contributed by atoms with E-state index in [4.69, 9.17) is 4.74 Å². The summed E-state index contributed by atoms with van der Waals surface area (Å²) in [4.78, 5) is 8.98. The van der Waals surface area contributed by atoms with Crippen molar-refractivity contribution in [3.05, 3.63) is 53.9 Å². The Kier molecular flexibility index (Phi) is 5.31. The monoisotopic (exact) mass is 348 g/mol. The van der Waals surface area contributed by atoms with E-state index in [0.29, 0.717) is 5.95 Å². The SMILES string of the molecule is Bc1cnc(Nc2cc(C)ccc2OC)nc1NC(=C)/C=C(\C)C1CC1. The van der Waals surface area contributed by atoms with Gasteiger partial charge in [-0.15, -0.1) is 0 Å². The maximum absolute atomic E-state index is 5.41. The van der Waals surface area contributed by atoms with E-state index in [-0.39, 0.29) is 0 Å². The molecule has 3 rings (SSSR count). The molecule has 6 heteroatoms. The second-order valence-corrected chi connectivity index (χ2v) is 6.87. The van der Waals surface area contributed by atoms with E-state index in [2.05, 4.69) is 40.2 Å². The van der Waals surface area contributed by atoms with Crippen LogP contribution in [0.25, 0.3) is 0 Å². The van der Waals surface area contributed by atoms with Crippen molar-refractivity contribution in [1.29, 1.82) is 0 Å². The first-order chi connectivity index (χ1) is 12.5. The third-order valence-corrected chi connectivity index (χ3v) is 4.48. The maximum Gasteiger partial charge on any atom is 0.229 e. The van der Waals surface area contributed by atoms with Gasteiger partial charge in [0.05, 0.1) is 12.8 Å². The quantitative estimate of drug-likeness (QED) is 0.595. The Labute approximate surface area is 156 Å². The standard InChI is InChI=1S/C20H25BN4O/c1-12-5-8-18(26-4)17(9-12)24-20-22-11-16(21)19(25-20)23-14(3)10-13(2)15-6-7-15/h5,8-11,15H,3,6-7,21H2,1-2,4H3,(H2,22,23,24,25)/b13-10+. The molecule has 0 saturated heterocycles. The summed E-state index contributed by atoms with van der Waals surface area (Å²) in [5.41, 5.74) is 5.15. The third kappa shape index (κ3) is 4.45. The Balaban J connectivity index is 1.78. The molecule has 2 aromatic rings. The first kappa shape index (κ1) is 18.0. The number of benzene rings is 1. The molecular weight excluding hydrogens is 323 g/mol. The van der Waals surface area contributed by atoms with Gasteiger partial charge in [0, 0.05) is 11.9 Å². The molecule has 0 spiro atoms. The van der Waals surface area contributed by atoms with Gasteiger partial charge in [-0.25, -0.2) is 4.98 Å². The summed E-state index contributed by atoms with van der Waals surface area (Å²) in [6.07, 6.45) is 6.48. The van der Waals surface area contributed by atoms with Crippen LogP contribution in [0.5, 0.6) is 5.75 Å². The largest absolute Gasteiger partial charge is 0.495 e. The molecule has 0 atom stereocenters. The second-order valence-electron chi connectivity index (χ2n) is 6.87. The number of aryl methyl sites for hydroxylation is 1. The van der Waals surface area contributed by atoms with Crippen LogP contribution in [0.2, 0.25) is 0 Å². The molecule has 1 fully saturated rings. The number of hydrogen-bond donors (Lipinski definition) is 2. The van der Waals surface area contributed by atoms with Crippen LogP contribution in [0.3, 0.4) is 0 Å². The predicted molar refractivity (Wildman–Crippen MR) is 110 cm³/mol. The van der Waals surface area contributed by atoms with Gasteiger partial charge in [0.15, 0.2) is 0 Å². The highest BCUT2D eigenvalue weighted by molar-refractivity contribution is 6.35. The topological polar surface area (TPSA) is 59.1 Å². The third-order valence-electron chi connectivity index (χ3n) is 4.48. The van der Waals surface area contributed by atoms with Crippen LogP contribution in [0.4, 0.5) is 17.5 Å². The Bertz CT molecular complexity index is 859. The molecule has 0 aliphatic heterocycles. The van der Waals surface area contributed by atoms with Gasteiger partial charge >= 0.3 is 0 Å². The van der Waals surface area contributed by atoms with Gasteiger partial charge in [0.2, 0.25) is 5.95 Å². The summed E-state index contributed by atoms with van der Waals surface area (Å²) >= 11 is 0. The summed E-state index contributed by atoms with van der Waals surface area (Å²) in [6, 6.07) is 5.94. The number of hydrogen-bond acceptors (Lipinski definition) is 5. The molecule has 0 unspecified atom stereocenters. The van der Waals surface area contributed by atoms with Gasteiger partial charge in [-0.05, 0) is 61.8 Å². The average Bonchev–Trinajstić information content (AvgIpc) is 3.43. The van der Waals surface area contributed by atoms with Crippen molar-refractivity contribution in [2.45, 2.75) is 26.7 Å². The molecule has 0 amide bonds. The molecule has 1 aliphatic carbocycles. The lowest BCUT2D eigenvalue weighted by Gasteiger charge is -2.14. The van der Waals surface area contributed by atoms with E-state index in [0.717, 1.165) is 39.9 Å². The number of nitrogens with zero attached hydrogens (tertiary/aromatic N) is 2. The normalized spacial score (nSPS) is 14.0. The molecule has 1 aromatic carbocycles. The summed E-state index contributed by atoms with van der Waals surface area (Å²) in [7, 11) is 3.63. The first-order valence-electron chi connectivity index (χ1n) is 8.85. The maximum atomic E-state index is 5.41. The highest BCUT2D eigenvalue weighted by Crippen LogP contribution is 2.36. The first-order valence-corrected chi connectivity index (χ1v) is 8.85. The average molecular weight is 348 g/mol. The minimum Gasteiger partial charge on any atom is -0.495 e. The fraction of sp³-hybridized carbons (Fsp3) is 0.300. The van der Waals surface area contributed by atoms with Gasteiger partial charge in [0.25, 0.3) is 0 Å². The Morgan fingerprint density at radius 3 is 2.85 bits per heavy atom. The lowest BCUT2D eigenvalue weighted by atomic mass is 9.99. The van der Waals surface area contributed by atoms with Crippen molar-refractivity contribution >= 4 is 30.8 Å². The van der Waals surface area contributed by atoms with Crippen molar-refractivity contribution in [2.24, 2.45) is 5.92 Å². The van der Waals surface area contributed by atoms with Crippen molar-refractivity contribution in [3.63, 3.8) is 0 Å². The Hall–Kier alpha value is -2.76. The van der Waals surface area contributed by atoms with Gasteiger partial charge in [-0.2, -0.15) is 4.98 Å². The van der Waals surface area contributed by atoms with Crippen LogP contribution in [0.15, 0.2) is 48.3 Å². The molecule has 1 aliphatic rings. The number of nitrogens with one attached hydrogen (secondary N) is 2. The van der Waals surface area contributed by atoms with Gasteiger partial charge in [0.1, 0.15) is 19.4 Å². The van der Waals surface area contributed by atoms with Gasteiger partial charge < -0.3 is 15.4 Å². The van der Waals surface area contributed by atoms with Crippen molar-refractivity contribution in [1.82, 2.24) is 9.97 Å². The molecule has 5 nitrogen and oxygen atoms in total. The minimum absolute atomic E-state index is 0.512. The highest BCUT2D eigenvalue weighted by Gasteiger charge is 2.22. The zero-order chi connectivity index (χ0) is 18.7. The molecule has 1 saturated carbocycles. The van der Waals surface area contributed by atoms with Gasteiger partial charge in [-0.1, -0.05) is 18.2 Å². The van der Waals surface area contributed by atoms with Crippen LogP contribution >= 0.6 is 0 Å². The fourth-order valence-corrected chi connectivity index (χ4v) is 2.79. The van der Waals surface area contributed by atoms with Crippen LogP contribution < -0.4 is 20.8 Å². The minimum atomic E-state index is 0.512. The Morgan fingerprint density at radius 1 is 1.38 bits per heavy atom. The molecule has 1 aromatic heterocycles. The molecular formula is C20H25BN4O. The van der Waals surface area contributed by atoms with Crippen molar-refractivity contribution in [2.75, 3.05) is 17.7 Å². The van der Waals surface area contributed by atoms with Crippen LogP contribution in [-0.4, -0.2) is 24.9 Å². The molecule has 0 radical (unpaired) electrons. The van der Waals surface area contributed by atoms with E-state index < -0.39 is 0 Å². The molecule has 1 heterocycles. The summed E-state index contributed by atoms with van der Waals surface area (Å²) < 4.78 is 5.41. The Morgan fingerprint density at radius 2 is 2.15 bits per heavy atom.